The van der Waals surface area contributed by atoms with Crippen molar-refractivity contribution in [3.8, 4) is 34.1 Å². The highest BCUT2D eigenvalue weighted by Crippen LogP contribution is 2.41. The average Bonchev–Trinajstić information content (AvgIpc) is 3.06. The van der Waals surface area contributed by atoms with Gasteiger partial charge in [0.25, 0.3) is 0 Å². The van der Waals surface area contributed by atoms with Gasteiger partial charge in [-0.2, -0.15) is 0 Å². The summed E-state index contributed by atoms with van der Waals surface area (Å²) in [4.78, 5) is 0. The van der Waals surface area contributed by atoms with Crippen LogP contribution in [-0.2, 0) is 6.61 Å². The second-order valence-electron chi connectivity index (χ2n) is 5.16. The molecule has 2 aromatic carbocycles. The number of nitrogens with zero attached hydrogens (tertiary/aromatic N) is 1. The molecular weight excluding hydrogens is 365 g/mol. The van der Waals surface area contributed by atoms with E-state index in [-0.39, 0.29) is 6.61 Å². The van der Waals surface area contributed by atoms with E-state index in [1.165, 1.54) is 0 Å². The molecule has 1 heterocycles. The molecule has 0 saturated heterocycles. The molecule has 1 aromatic heterocycles. The molecule has 130 valence electrons. The van der Waals surface area contributed by atoms with E-state index in [9.17, 15) is 5.11 Å². The Hall–Kier alpha value is -2.21. The molecule has 0 radical (unpaired) electrons. The predicted octanol–water partition coefficient (Wildman–Crippen LogP) is 4.82. The lowest BCUT2D eigenvalue weighted by Gasteiger charge is -2.09. The van der Waals surface area contributed by atoms with Crippen LogP contribution in [0.4, 0.5) is 0 Å². The molecule has 0 unspecified atom stereocenters. The van der Waals surface area contributed by atoms with Crippen LogP contribution in [0.2, 0.25) is 10.0 Å². The van der Waals surface area contributed by atoms with Gasteiger partial charge in [0, 0.05) is 11.1 Å². The van der Waals surface area contributed by atoms with Gasteiger partial charge in [0.1, 0.15) is 17.2 Å². The molecule has 1 N–H and O–H groups in total. The van der Waals surface area contributed by atoms with Crippen molar-refractivity contribution in [2.75, 3.05) is 14.2 Å². The molecular formula is C18H15Cl2NO4. The quantitative estimate of drug-likeness (QED) is 0.687. The minimum Gasteiger partial charge on any atom is -0.497 e. The van der Waals surface area contributed by atoms with Gasteiger partial charge in [0.15, 0.2) is 5.76 Å². The van der Waals surface area contributed by atoms with E-state index in [1.54, 1.807) is 50.6 Å². The molecule has 0 spiro atoms. The van der Waals surface area contributed by atoms with Crippen LogP contribution in [0.1, 0.15) is 5.56 Å². The zero-order chi connectivity index (χ0) is 18.0. The molecule has 5 nitrogen and oxygen atoms in total. The van der Waals surface area contributed by atoms with Crippen molar-refractivity contribution >= 4 is 23.2 Å². The lowest BCUT2D eigenvalue weighted by atomic mass is 10.0. The summed E-state index contributed by atoms with van der Waals surface area (Å²) >= 11 is 12.3. The van der Waals surface area contributed by atoms with Gasteiger partial charge in [-0.3, -0.25) is 0 Å². The Morgan fingerprint density at radius 1 is 1.08 bits per heavy atom. The van der Waals surface area contributed by atoms with Crippen LogP contribution < -0.4 is 9.47 Å². The van der Waals surface area contributed by atoms with Gasteiger partial charge < -0.3 is 19.1 Å². The summed E-state index contributed by atoms with van der Waals surface area (Å²) in [6, 6.07) is 10.5. The first kappa shape index (κ1) is 17.6. The van der Waals surface area contributed by atoms with Crippen molar-refractivity contribution in [2.24, 2.45) is 0 Å². The Morgan fingerprint density at radius 3 is 2.56 bits per heavy atom. The summed E-state index contributed by atoms with van der Waals surface area (Å²) < 4.78 is 16.1. The Labute approximate surface area is 154 Å². The molecule has 0 bridgehead atoms. The fraction of sp³-hybridized carbons (Fsp3) is 0.167. The summed E-state index contributed by atoms with van der Waals surface area (Å²) in [5, 5.41) is 14.8. The fourth-order valence-electron chi connectivity index (χ4n) is 2.56. The Bertz CT molecular complexity index is 908. The zero-order valence-corrected chi connectivity index (χ0v) is 15.1. The van der Waals surface area contributed by atoms with Gasteiger partial charge >= 0.3 is 0 Å². The van der Waals surface area contributed by atoms with Crippen LogP contribution in [0.15, 0.2) is 40.9 Å². The maximum atomic E-state index is 9.91. The number of hydrogen-bond acceptors (Lipinski definition) is 5. The number of rotatable bonds is 5. The van der Waals surface area contributed by atoms with Crippen LogP contribution in [0.3, 0.4) is 0 Å². The molecule has 7 heteroatoms. The number of halogens is 2. The molecule has 0 saturated carbocycles. The van der Waals surface area contributed by atoms with E-state index in [4.69, 9.17) is 37.2 Å². The summed E-state index contributed by atoms with van der Waals surface area (Å²) in [6.07, 6.45) is 0. The van der Waals surface area contributed by atoms with Gasteiger partial charge in [-0.15, -0.1) is 0 Å². The monoisotopic (exact) mass is 379 g/mol. The van der Waals surface area contributed by atoms with Crippen molar-refractivity contribution in [3.05, 3.63) is 52.0 Å². The van der Waals surface area contributed by atoms with Gasteiger partial charge in [0.05, 0.1) is 36.4 Å². The van der Waals surface area contributed by atoms with Crippen LogP contribution in [0.5, 0.6) is 11.5 Å². The molecule has 3 rings (SSSR count). The number of ether oxygens (including phenoxy) is 2. The first-order valence-electron chi connectivity index (χ1n) is 7.36. The highest BCUT2D eigenvalue weighted by atomic mass is 35.5. The lowest BCUT2D eigenvalue weighted by molar-refractivity contribution is 0.281. The van der Waals surface area contributed by atoms with Crippen LogP contribution in [-0.4, -0.2) is 24.5 Å². The molecule has 0 aliphatic carbocycles. The van der Waals surface area contributed by atoms with Crippen molar-refractivity contribution in [1.29, 1.82) is 0 Å². The van der Waals surface area contributed by atoms with Gasteiger partial charge in [-0.1, -0.05) is 34.4 Å². The number of aliphatic hydroxyl groups excluding tert-OH is 1. The van der Waals surface area contributed by atoms with E-state index in [0.29, 0.717) is 49.7 Å². The Morgan fingerprint density at radius 2 is 1.88 bits per heavy atom. The molecule has 0 atom stereocenters. The van der Waals surface area contributed by atoms with Crippen LogP contribution in [0, 0.1) is 0 Å². The van der Waals surface area contributed by atoms with E-state index < -0.39 is 0 Å². The molecule has 3 aromatic rings. The van der Waals surface area contributed by atoms with Crippen LogP contribution in [0.25, 0.3) is 22.6 Å². The second-order valence-corrected chi connectivity index (χ2v) is 5.95. The molecule has 0 amide bonds. The molecule has 25 heavy (non-hydrogen) atoms. The lowest BCUT2D eigenvalue weighted by Crippen LogP contribution is -1.94. The van der Waals surface area contributed by atoms with Crippen molar-refractivity contribution < 1.29 is 19.1 Å². The van der Waals surface area contributed by atoms with E-state index >= 15 is 0 Å². The number of aromatic nitrogens is 1. The maximum absolute atomic E-state index is 9.91. The molecule has 0 aliphatic rings. The molecule has 0 aliphatic heterocycles. The Balaban J connectivity index is 2.21. The van der Waals surface area contributed by atoms with Gasteiger partial charge in [-0.05, 0) is 30.3 Å². The van der Waals surface area contributed by atoms with Gasteiger partial charge in [-0.25, -0.2) is 0 Å². The van der Waals surface area contributed by atoms with Crippen molar-refractivity contribution in [3.63, 3.8) is 0 Å². The maximum Gasteiger partial charge on any atom is 0.174 e. The van der Waals surface area contributed by atoms with E-state index in [1.807, 2.05) is 0 Å². The smallest absolute Gasteiger partial charge is 0.174 e. The Kier molecular flexibility index (Phi) is 5.18. The average molecular weight is 380 g/mol. The highest BCUT2D eigenvalue weighted by molar-refractivity contribution is 6.43. The number of benzene rings is 2. The number of methoxy groups -OCH3 is 2. The number of hydrogen-bond donors (Lipinski definition) is 1. The second kappa shape index (κ2) is 7.35. The van der Waals surface area contributed by atoms with Crippen molar-refractivity contribution in [1.82, 2.24) is 5.16 Å². The standard InChI is InChI=1S/C18H15Cl2NO4/c1-23-10-6-7-15(24-2)12(8-10)17-13(9-22)18(25-21-17)11-4-3-5-14(19)16(11)20/h3-8,22H,9H2,1-2H3. The largest absolute Gasteiger partial charge is 0.497 e. The third kappa shape index (κ3) is 3.18. The van der Waals surface area contributed by atoms with E-state index in [0.717, 1.165) is 0 Å². The summed E-state index contributed by atoms with van der Waals surface area (Å²) in [6.45, 7) is -0.294. The third-order valence-corrected chi connectivity index (χ3v) is 4.62. The first-order chi connectivity index (χ1) is 12.1. The van der Waals surface area contributed by atoms with Gasteiger partial charge in [0.2, 0.25) is 0 Å². The van der Waals surface area contributed by atoms with Crippen LogP contribution >= 0.6 is 23.2 Å². The normalized spacial score (nSPS) is 10.8. The first-order valence-corrected chi connectivity index (χ1v) is 8.12. The number of aliphatic hydroxyl groups is 1. The molecule has 0 fully saturated rings. The predicted molar refractivity (Wildman–Crippen MR) is 96.4 cm³/mol. The minimum absolute atomic E-state index is 0.294. The summed E-state index contributed by atoms with van der Waals surface area (Å²) in [5.74, 6) is 1.56. The SMILES string of the molecule is COc1ccc(OC)c(-c2noc(-c3cccc(Cl)c3Cl)c2CO)c1. The fourth-order valence-corrected chi connectivity index (χ4v) is 2.94. The highest BCUT2D eigenvalue weighted by Gasteiger charge is 2.23. The van der Waals surface area contributed by atoms with Crippen molar-refractivity contribution in [2.45, 2.75) is 6.61 Å². The minimum atomic E-state index is -0.294. The third-order valence-electron chi connectivity index (χ3n) is 3.80. The zero-order valence-electron chi connectivity index (χ0n) is 13.5. The van der Waals surface area contributed by atoms with E-state index in [2.05, 4.69) is 5.16 Å². The topological polar surface area (TPSA) is 64.7 Å². The summed E-state index contributed by atoms with van der Waals surface area (Å²) in [5.41, 5.74) is 2.12. The summed E-state index contributed by atoms with van der Waals surface area (Å²) in [7, 11) is 3.12.